The average molecular weight is 262 g/mol. The van der Waals surface area contributed by atoms with Gasteiger partial charge in [-0.15, -0.1) is 0 Å². The molecule has 0 amide bonds. The monoisotopic (exact) mass is 262 g/mol. The number of halogens is 4. The first-order valence-corrected chi connectivity index (χ1v) is 5.34. The molecular formula is C12H10F4O2. The van der Waals surface area contributed by atoms with Crippen LogP contribution < -0.4 is 0 Å². The fourth-order valence-electron chi connectivity index (χ4n) is 2.14. The number of hydrogen-bond donors (Lipinski definition) is 1. The van der Waals surface area contributed by atoms with Gasteiger partial charge in [0.1, 0.15) is 5.82 Å². The van der Waals surface area contributed by atoms with Crippen molar-refractivity contribution in [3.8, 4) is 0 Å². The summed E-state index contributed by atoms with van der Waals surface area (Å²) in [5, 5.41) is 8.73. The minimum Gasteiger partial charge on any atom is -0.481 e. The molecule has 0 spiro atoms. The summed E-state index contributed by atoms with van der Waals surface area (Å²) in [6, 6.07) is 3.01. The summed E-state index contributed by atoms with van der Waals surface area (Å²) < 4.78 is 51.5. The van der Waals surface area contributed by atoms with E-state index < -0.39 is 28.9 Å². The Hall–Kier alpha value is -1.59. The zero-order valence-electron chi connectivity index (χ0n) is 9.22. The van der Waals surface area contributed by atoms with Crippen LogP contribution in [0.3, 0.4) is 0 Å². The van der Waals surface area contributed by atoms with Gasteiger partial charge in [-0.3, -0.25) is 4.79 Å². The Bertz CT molecular complexity index is 489. The van der Waals surface area contributed by atoms with Gasteiger partial charge in [-0.2, -0.15) is 13.2 Å². The van der Waals surface area contributed by atoms with Crippen LogP contribution in [0.4, 0.5) is 17.6 Å². The predicted octanol–water partition coefficient (Wildman–Crippen LogP) is 3.35. The van der Waals surface area contributed by atoms with Crippen LogP contribution in [0.15, 0.2) is 18.2 Å². The standard InChI is InChI=1S/C12H10F4O2/c13-10-7(11(4-5-11)6-9(17)18)2-1-3-8(10)12(14,15)16/h1-3H,4-6H2,(H,17,18). The van der Waals surface area contributed by atoms with Gasteiger partial charge in [-0.25, -0.2) is 4.39 Å². The zero-order valence-corrected chi connectivity index (χ0v) is 9.22. The highest BCUT2D eigenvalue weighted by atomic mass is 19.4. The molecule has 1 aliphatic rings. The highest BCUT2D eigenvalue weighted by molar-refractivity contribution is 5.70. The molecule has 0 saturated heterocycles. The van der Waals surface area contributed by atoms with Crippen molar-refractivity contribution in [2.24, 2.45) is 0 Å². The quantitative estimate of drug-likeness (QED) is 0.848. The van der Waals surface area contributed by atoms with Gasteiger partial charge in [0, 0.05) is 5.41 Å². The van der Waals surface area contributed by atoms with Gasteiger partial charge in [0.15, 0.2) is 0 Å². The summed E-state index contributed by atoms with van der Waals surface area (Å²) in [7, 11) is 0. The van der Waals surface area contributed by atoms with E-state index in [0.717, 1.165) is 6.07 Å². The molecule has 0 unspecified atom stereocenters. The van der Waals surface area contributed by atoms with Crippen LogP contribution in [0.25, 0.3) is 0 Å². The predicted molar refractivity (Wildman–Crippen MR) is 54.6 cm³/mol. The van der Waals surface area contributed by atoms with Gasteiger partial charge >= 0.3 is 12.1 Å². The molecule has 1 aromatic carbocycles. The summed E-state index contributed by atoms with van der Waals surface area (Å²) in [5.41, 5.74) is -2.44. The molecule has 98 valence electrons. The molecular weight excluding hydrogens is 252 g/mol. The third kappa shape index (κ3) is 2.19. The second-order valence-electron chi connectivity index (χ2n) is 4.52. The van der Waals surface area contributed by atoms with Crippen molar-refractivity contribution in [1.82, 2.24) is 0 Å². The van der Waals surface area contributed by atoms with Crippen LogP contribution in [-0.4, -0.2) is 11.1 Å². The first-order valence-electron chi connectivity index (χ1n) is 5.34. The van der Waals surface area contributed by atoms with Crippen molar-refractivity contribution < 1.29 is 27.5 Å². The molecule has 0 radical (unpaired) electrons. The summed E-state index contributed by atoms with van der Waals surface area (Å²) >= 11 is 0. The average Bonchev–Trinajstić information content (AvgIpc) is 2.96. The van der Waals surface area contributed by atoms with Crippen LogP contribution in [0, 0.1) is 5.82 Å². The van der Waals surface area contributed by atoms with Gasteiger partial charge < -0.3 is 5.11 Å². The van der Waals surface area contributed by atoms with E-state index in [4.69, 9.17) is 5.11 Å². The Labute approximate surface area is 100 Å². The van der Waals surface area contributed by atoms with Crippen LogP contribution in [0.1, 0.15) is 30.4 Å². The Kier molecular flexibility index (Phi) is 2.83. The molecule has 2 rings (SSSR count). The van der Waals surface area contributed by atoms with E-state index in [1.807, 2.05) is 0 Å². The Morgan fingerprint density at radius 2 is 1.94 bits per heavy atom. The number of alkyl halides is 3. The molecule has 0 aromatic heterocycles. The third-order valence-electron chi connectivity index (χ3n) is 3.22. The first kappa shape index (κ1) is 12.9. The fraction of sp³-hybridized carbons (Fsp3) is 0.417. The van der Waals surface area contributed by atoms with Crippen LogP contribution >= 0.6 is 0 Å². The lowest BCUT2D eigenvalue weighted by molar-refractivity contribution is -0.140. The molecule has 1 aromatic rings. The summed E-state index contributed by atoms with van der Waals surface area (Å²) in [4.78, 5) is 10.7. The Balaban J connectivity index is 2.44. The van der Waals surface area contributed by atoms with E-state index in [2.05, 4.69) is 0 Å². The maximum atomic E-state index is 13.8. The first-order chi connectivity index (χ1) is 8.26. The van der Waals surface area contributed by atoms with Crippen molar-refractivity contribution in [3.05, 3.63) is 35.1 Å². The number of aliphatic carboxylic acids is 1. The number of carboxylic acid groups (broad SMARTS) is 1. The number of carbonyl (C=O) groups is 1. The lowest BCUT2D eigenvalue weighted by Gasteiger charge is -2.17. The second kappa shape index (κ2) is 3.96. The molecule has 1 N–H and O–H groups in total. The van der Waals surface area contributed by atoms with Crippen molar-refractivity contribution in [1.29, 1.82) is 0 Å². The molecule has 0 atom stereocenters. The molecule has 6 heteroatoms. The van der Waals surface area contributed by atoms with E-state index in [1.54, 1.807) is 0 Å². The molecule has 1 aliphatic carbocycles. The maximum Gasteiger partial charge on any atom is 0.419 e. The van der Waals surface area contributed by atoms with E-state index in [1.165, 1.54) is 6.07 Å². The van der Waals surface area contributed by atoms with E-state index >= 15 is 0 Å². The van der Waals surface area contributed by atoms with Gasteiger partial charge in [0.25, 0.3) is 0 Å². The molecule has 0 heterocycles. The molecule has 2 nitrogen and oxygen atoms in total. The summed E-state index contributed by atoms with van der Waals surface area (Å²) in [5.74, 6) is -2.48. The van der Waals surface area contributed by atoms with Crippen molar-refractivity contribution >= 4 is 5.97 Å². The lowest BCUT2D eigenvalue weighted by Crippen LogP contribution is -2.18. The Morgan fingerprint density at radius 1 is 1.33 bits per heavy atom. The van der Waals surface area contributed by atoms with Gasteiger partial charge in [0.2, 0.25) is 0 Å². The van der Waals surface area contributed by atoms with Gasteiger partial charge in [-0.05, 0) is 24.5 Å². The molecule has 1 saturated carbocycles. The van der Waals surface area contributed by atoms with E-state index in [-0.39, 0.29) is 12.0 Å². The summed E-state index contributed by atoms with van der Waals surface area (Å²) in [6.07, 6.45) is -4.31. The zero-order chi connectivity index (χ0) is 13.6. The number of rotatable bonds is 3. The van der Waals surface area contributed by atoms with Crippen molar-refractivity contribution in [3.63, 3.8) is 0 Å². The second-order valence-corrected chi connectivity index (χ2v) is 4.52. The van der Waals surface area contributed by atoms with Gasteiger partial charge in [0.05, 0.1) is 12.0 Å². The van der Waals surface area contributed by atoms with E-state index in [0.29, 0.717) is 18.9 Å². The lowest BCUT2D eigenvalue weighted by atomic mass is 9.90. The molecule has 0 bridgehead atoms. The topological polar surface area (TPSA) is 37.3 Å². The highest BCUT2D eigenvalue weighted by Crippen LogP contribution is 2.52. The Morgan fingerprint density at radius 3 is 2.39 bits per heavy atom. The van der Waals surface area contributed by atoms with Crippen LogP contribution in [0.5, 0.6) is 0 Å². The highest BCUT2D eigenvalue weighted by Gasteiger charge is 2.49. The van der Waals surface area contributed by atoms with Crippen molar-refractivity contribution in [2.75, 3.05) is 0 Å². The molecule has 18 heavy (non-hydrogen) atoms. The SMILES string of the molecule is O=C(O)CC1(c2cccc(C(F)(F)F)c2F)CC1. The van der Waals surface area contributed by atoms with Crippen molar-refractivity contribution in [2.45, 2.75) is 30.9 Å². The largest absolute Gasteiger partial charge is 0.481 e. The number of carboxylic acids is 1. The van der Waals surface area contributed by atoms with Crippen LogP contribution in [-0.2, 0) is 16.4 Å². The summed E-state index contributed by atoms with van der Waals surface area (Å²) in [6.45, 7) is 0. The molecule has 1 fully saturated rings. The molecule has 0 aliphatic heterocycles. The fourth-order valence-corrected chi connectivity index (χ4v) is 2.14. The van der Waals surface area contributed by atoms with Gasteiger partial charge in [-0.1, -0.05) is 12.1 Å². The minimum atomic E-state index is -4.76. The normalized spacial score (nSPS) is 17.6. The van der Waals surface area contributed by atoms with Crippen LogP contribution in [0.2, 0.25) is 0 Å². The maximum absolute atomic E-state index is 13.8. The third-order valence-corrected chi connectivity index (χ3v) is 3.22. The smallest absolute Gasteiger partial charge is 0.419 e. The number of benzene rings is 1. The van der Waals surface area contributed by atoms with E-state index in [9.17, 15) is 22.4 Å². The minimum absolute atomic E-state index is 0.139. The number of hydrogen-bond acceptors (Lipinski definition) is 1.